The van der Waals surface area contributed by atoms with Crippen LogP contribution >= 0.6 is 24.0 Å². The predicted molar refractivity (Wildman–Crippen MR) is 138 cm³/mol. The molecule has 6 heteroatoms. The fraction of sp³-hybridized carbons (Fsp3) is 0.185. The van der Waals surface area contributed by atoms with Crippen molar-refractivity contribution in [3.05, 3.63) is 100 Å². The van der Waals surface area contributed by atoms with E-state index in [0.717, 1.165) is 16.7 Å². The monoisotopic (exact) mass is 475 g/mol. The summed E-state index contributed by atoms with van der Waals surface area (Å²) < 4.78 is 12.6. The van der Waals surface area contributed by atoms with Crippen LogP contribution in [0, 0.1) is 0 Å². The molecule has 0 saturated carbocycles. The molecule has 1 aliphatic heterocycles. The van der Waals surface area contributed by atoms with Gasteiger partial charge in [0.05, 0.1) is 18.1 Å². The van der Waals surface area contributed by atoms with E-state index in [1.54, 1.807) is 4.90 Å². The first-order valence-electron chi connectivity index (χ1n) is 10.8. The lowest BCUT2D eigenvalue weighted by atomic mass is 10.1. The van der Waals surface area contributed by atoms with E-state index in [0.29, 0.717) is 33.9 Å². The van der Waals surface area contributed by atoms with Crippen LogP contribution in [0.25, 0.3) is 6.08 Å². The summed E-state index contributed by atoms with van der Waals surface area (Å²) in [6.07, 6.45) is 1.74. The number of amides is 1. The topological polar surface area (TPSA) is 38.8 Å². The minimum atomic E-state index is -0.120. The van der Waals surface area contributed by atoms with E-state index in [-0.39, 0.29) is 12.0 Å². The second kappa shape index (κ2) is 10.7. The van der Waals surface area contributed by atoms with Crippen LogP contribution < -0.4 is 9.47 Å². The van der Waals surface area contributed by atoms with Gasteiger partial charge in [0, 0.05) is 0 Å². The number of hydrogen-bond acceptors (Lipinski definition) is 5. The van der Waals surface area contributed by atoms with Crippen molar-refractivity contribution in [2.45, 2.75) is 26.5 Å². The summed E-state index contributed by atoms with van der Waals surface area (Å²) >= 11 is 6.80. The molecule has 1 heterocycles. The fourth-order valence-corrected chi connectivity index (χ4v) is 4.77. The van der Waals surface area contributed by atoms with Gasteiger partial charge in [0.25, 0.3) is 5.91 Å². The minimum Gasteiger partial charge on any atom is -0.490 e. The van der Waals surface area contributed by atoms with Crippen molar-refractivity contribution >= 4 is 40.3 Å². The molecule has 1 amide bonds. The van der Waals surface area contributed by atoms with E-state index in [2.05, 4.69) is 0 Å². The summed E-state index contributed by atoms with van der Waals surface area (Å²) in [4.78, 5) is 15.2. The van der Waals surface area contributed by atoms with Crippen molar-refractivity contribution in [1.82, 2.24) is 4.90 Å². The van der Waals surface area contributed by atoms with Gasteiger partial charge in [-0.2, -0.15) is 0 Å². The number of carbonyl (C=O) groups excluding carboxylic acids is 1. The molecule has 0 spiro atoms. The van der Waals surface area contributed by atoms with E-state index in [1.807, 2.05) is 98.8 Å². The van der Waals surface area contributed by atoms with Gasteiger partial charge < -0.3 is 9.47 Å². The fourth-order valence-electron chi connectivity index (χ4n) is 3.52. The summed E-state index contributed by atoms with van der Waals surface area (Å²) in [5.41, 5.74) is 2.99. The largest absolute Gasteiger partial charge is 0.490 e. The summed E-state index contributed by atoms with van der Waals surface area (Å²) in [5, 5.41) is 0. The van der Waals surface area contributed by atoms with E-state index in [1.165, 1.54) is 11.8 Å². The Balaban J connectivity index is 1.53. The Kier molecular flexibility index (Phi) is 7.47. The van der Waals surface area contributed by atoms with Crippen LogP contribution in [0.2, 0.25) is 0 Å². The van der Waals surface area contributed by atoms with Crippen molar-refractivity contribution in [3.8, 4) is 11.5 Å². The predicted octanol–water partition coefficient (Wildman–Crippen LogP) is 6.63. The van der Waals surface area contributed by atoms with Crippen LogP contribution in [0.15, 0.2) is 83.8 Å². The van der Waals surface area contributed by atoms with E-state index in [4.69, 9.17) is 21.7 Å². The summed E-state index contributed by atoms with van der Waals surface area (Å²) in [7, 11) is 0. The average Bonchev–Trinajstić information content (AvgIpc) is 3.09. The zero-order chi connectivity index (χ0) is 23.2. The second-order valence-electron chi connectivity index (χ2n) is 7.56. The molecule has 3 aromatic rings. The van der Waals surface area contributed by atoms with Crippen molar-refractivity contribution in [3.63, 3.8) is 0 Å². The normalized spacial score (nSPS) is 15.7. The van der Waals surface area contributed by atoms with E-state index in [9.17, 15) is 4.79 Å². The highest BCUT2D eigenvalue weighted by Gasteiger charge is 2.32. The van der Waals surface area contributed by atoms with Crippen LogP contribution in [0.4, 0.5) is 0 Å². The molecule has 1 atom stereocenters. The first kappa shape index (κ1) is 23.1. The Morgan fingerprint density at radius 3 is 2.39 bits per heavy atom. The summed E-state index contributed by atoms with van der Waals surface area (Å²) in [6, 6.07) is 25.6. The highest BCUT2D eigenvalue weighted by molar-refractivity contribution is 8.26. The van der Waals surface area contributed by atoms with E-state index < -0.39 is 0 Å². The molecule has 1 fully saturated rings. The van der Waals surface area contributed by atoms with Crippen LogP contribution in [-0.2, 0) is 11.3 Å². The van der Waals surface area contributed by atoms with Gasteiger partial charge in [-0.3, -0.25) is 9.69 Å². The molecule has 0 N–H and O–H groups in total. The molecule has 0 bridgehead atoms. The molecular weight excluding hydrogens is 450 g/mol. The lowest BCUT2D eigenvalue weighted by Crippen LogP contribution is -2.27. The zero-order valence-corrected chi connectivity index (χ0v) is 20.2. The number of benzene rings is 3. The van der Waals surface area contributed by atoms with Gasteiger partial charge >= 0.3 is 0 Å². The lowest BCUT2D eigenvalue weighted by molar-refractivity contribution is -0.122. The molecule has 1 saturated heterocycles. The lowest BCUT2D eigenvalue weighted by Gasteiger charge is -2.18. The Morgan fingerprint density at radius 1 is 1.00 bits per heavy atom. The maximum absolute atomic E-state index is 13.0. The SMILES string of the molecule is CCOc1cc(/C=C2/SC(=S)N(Cc3ccccc3)C2=O)ccc1O[C@H](C)c1ccccc1. The molecule has 4 nitrogen and oxygen atoms in total. The van der Waals surface area contributed by atoms with Crippen LogP contribution in [0.1, 0.15) is 36.6 Å². The number of thiocarbonyl (C=S) groups is 1. The van der Waals surface area contributed by atoms with Crippen LogP contribution in [0.3, 0.4) is 0 Å². The van der Waals surface area contributed by atoms with Gasteiger partial charge in [-0.05, 0) is 48.7 Å². The van der Waals surface area contributed by atoms with Crippen molar-refractivity contribution in [2.75, 3.05) is 6.61 Å². The van der Waals surface area contributed by atoms with Gasteiger partial charge in [-0.25, -0.2) is 0 Å². The number of hydrogen-bond donors (Lipinski definition) is 0. The number of carbonyl (C=O) groups is 1. The molecule has 0 aliphatic carbocycles. The molecule has 3 aromatic carbocycles. The highest BCUT2D eigenvalue weighted by atomic mass is 32.2. The summed E-state index contributed by atoms with van der Waals surface area (Å²) in [6.45, 7) is 4.93. The van der Waals surface area contributed by atoms with Crippen molar-refractivity contribution < 1.29 is 14.3 Å². The second-order valence-corrected chi connectivity index (χ2v) is 9.24. The van der Waals surface area contributed by atoms with Crippen LogP contribution in [-0.4, -0.2) is 21.7 Å². The maximum atomic E-state index is 13.0. The standard InChI is InChI=1S/C27H25NO3S2/c1-3-30-24-16-21(14-15-23(24)31-19(2)22-12-8-5-9-13-22)17-25-26(29)28(27(32)33-25)18-20-10-6-4-7-11-20/h4-17,19H,3,18H2,1-2H3/b25-17+/t19-/m1/s1. The number of ether oxygens (including phenoxy) is 2. The maximum Gasteiger partial charge on any atom is 0.266 e. The smallest absolute Gasteiger partial charge is 0.266 e. The quantitative estimate of drug-likeness (QED) is 0.270. The molecule has 33 heavy (non-hydrogen) atoms. The van der Waals surface area contributed by atoms with Crippen LogP contribution in [0.5, 0.6) is 11.5 Å². The van der Waals surface area contributed by atoms with Gasteiger partial charge in [0.15, 0.2) is 11.5 Å². The molecule has 0 radical (unpaired) electrons. The zero-order valence-electron chi connectivity index (χ0n) is 18.6. The Hall–Kier alpha value is -3.09. The van der Waals surface area contributed by atoms with Crippen molar-refractivity contribution in [1.29, 1.82) is 0 Å². The Bertz CT molecular complexity index is 1160. The first-order chi connectivity index (χ1) is 16.0. The van der Waals surface area contributed by atoms with Gasteiger partial charge in [0.1, 0.15) is 10.4 Å². The average molecular weight is 476 g/mol. The van der Waals surface area contributed by atoms with Gasteiger partial charge in [-0.1, -0.05) is 90.7 Å². The Morgan fingerprint density at radius 2 is 1.70 bits per heavy atom. The molecular formula is C27H25NO3S2. The summed E-state index contributed by atoms with van der Waals surface area (Å²) in [5.74, 6) is 1.24. The van der Waals surface area contributed by atoms with Gasteiger partial charge in [0.2, 0.25) is 0 Å². The number of thioether (sulfide) groups is 1. The molecule has 4 rings (SSSR count). The third-order valence-electron chi connectivity index (χ3n) is 5.20. The molecule has 1 aliphatic rings. The third kappa shape index (κ3) is 5.64. The number of rotatable bonds is 8. The Labute approximate surface area is 204 Å². The van der Waals surface area contributed by atoms with Crippen molar-refractivity contribution in [2.24, 2.45) is 0 Å². The number of nitrogens with zero attached hydrogens (tertiary/aromatic N) is 1. The third-order valence-corrected chi connectivity index (χ3v) is 6.57. The molecule has 0 unspecified atom stereocenters. The minimum absolute atomic E-state index is 0.0789. The molecule has 0 aromatic heterocycles. The highest BCUT2D eigenvalue weighted by Crippen LogP contribution is 2.36. The first-order valence-corrected chi connectivity index (χ1v) is 12.1. The van der Waals surface area contributed by atoms with Gasteiger partial charge in [-0.15, -0.1) is 0 Å². The van der Waals surface area contributed by atoms with E-state index >= 15 is 0 Å². The molecule has 168 valence electrons.